The summed E-state index contributed by atoms with van der Waals surface area (Å²) >= 11 is 13.8. The Bertz CT molecular complexity index is 416. The molecule has 19 heavy (non-hydrogen) atoms. The number of piperidine rings is 1. The third-order valence-corrected chi connectivity index (χ3v) is 5.20. The van der Waals surface area contributed by atoms with Gasteiger partial charge in [-0.25, -0.2) is 0 Å². The summed E-state index contributed by atoms with van der Waals surface area (Å²) < 4.78 is 0. The van der Waals surface area contributed by atoms with Crippen LogP contribution in [0.15, 0.2) is 23.1 Å². The van der Waals surface area contributed by atoms with Gasteiger partial charge in [0.25, 0.3) is 0 Å². The summed E-state index contributed by atoms with van der Waals surface area (Å²) in [6, 6.07) is 5.89. The van der Waals surface area contributed by atoms with Gasteiger partial charge in [-0.2, -0.15) is 0 Å². The zero-order valence-electron chi connectivity index (χ0n) is 10.8. The summed E-state index contributed by atoms with van der Waals surface area (Å²) in [5.74, 6) is 0.969. The second-order valence-corrected chi connectivity index (χ2v) is 6.77. The van der Waals surface area contributed by atoms with E-state index in [0.29, 0.717) is 6.04 Å². The Balaban J connectivity index is 1.83. The molecule has 0 amide bonds. The quantitative estimate of drug-likeness (QED) is 0.832. The van der Waals surface area contributed by atoms with Crippen LogP contribution in [0.5, 0.6) is 0 Å². The van der Waals surface area contributed by atoms with Gasteiger partial charge in [-0.05, 0) is 37.6 Å². The van der Waals surface area contributed by atoms with Crippen LogP contribution in [0.1, 0.15) is 19.3 Å². The Kier molecular flexibility index (Phi) is 6.30. The summed E-state index contributed by atoms with van der Waals surface area (Å²) in [5, 5.41) is 10.8. The molecule has 106 valence electrons. The first kappa shape index (κ1) is 15.5. The average Bonchev–Trinajstić information content (AvgIpc) is 2.43. The van der Waals surface area contributed by atoms with E-state index in [1.807, 2.05) is 12.1 Å². The van der Waals surface area contributed by atoms with Crippen molar-refractivity contribution < 1.29 is 5.11 Å². The Hall–Kier alpha value is 0.0700. The normalized spacial score (nSPS) is 20.7. The van der Waals surface area contributed by atoms with E-state index in [4.69, 9.17) is 23.2 Å². The number of rotatable bonds is 5. The highest BCUT2D eigenvalue weighted by atomic mass is 35.5. The van der Waals surface area contributed by atoms with E-state index in [1.165, 1.54) is 12.8 Å². The second kappa shape index (κ2) is 7.75. The minimum atomic E-state index is 0.266. The van der Waals surface area contributed by atoms with E-state index in [1.54, 1.807) is 17.8 Å². The molecule has 1 aliphatic heterocycles. The first-order valence-electron chi connectivity index (χ1n) is 6.63. The van der Waals surface area contributed by atoms with Gasteiger partial charge in [-0.3, -0.25) is 4.90 Å². The third-order valence-electron chi connectivity index (χ3n) is 3.49. The van der Waals surface area contributed by atoms with Crippen molar-refractivity contribution in [2.75, 3.05) is 25.4 Å². The van der Waals surface area contributed by atoms with E-state index in [-0.39, 0.29) is 6.61 Å². The molecule has 1 heterocycles. The largest absolute Gasteiger partial charge is 0.395 e. The molecule has 1 fully saturated rings. The van der Waals surface area contributed by atoms with Crippen LogP contribution in [0.4, 0.5) is 0 Å². The van der Waals surface area contributed by atoms with Crippen molar-refractivity contribution in [3.8, 4) is 0 Å². The number of hydrogen-bond donors (Lipinski definition) is 1. The predicted molar refractivity (Wildman–Crippen MR) is 83.5 cm³/mol. The van der Waals surface area contributed by atoms with E-state index in [0.717, 1.165) is 40.2 Å². The lowest BCUT2D eigenvalue weighted by molar-refractivity contribution is 0.0962. The van der Waals surface area contributed by atoms with Gasteiger partial charge in [0.15, 0.2) is 0 Å². The van der Waals surface area contributed by atoms with E-state index >= 15 is 0 Å². The topological polar surface area (TPSA) is 23.5 Å². The number of hydrogen-bond acceptors (Lipinski definition) is 3. The molecule has 1 N–H and O–H groups in total. The van der Waals surface area contributed by atoms with Gasteiger partial charge in [0.05, 0.1) is 11.6 Å². The first-order chi connectivity index (χ1) is 9.20. The van der Waals surface area contributed by atoms with Crippen LogP contribution in [0.3, 0.4) is 0 Å². The Morgan fingerprint density at radius 1 is 1.32 bits per heavy atom. The highest BCUT2D eigenvalue weighted by Gasteiger charge is 2.20. The second-order valence-electron chi connectivity index (χ2n) is 4.79. The third kappa shape index (κ3) is 4.54. The molecule has 2 rings (SSSR count). The number of nitrogens with zero attached hydrogens (tertiary/aromatic N) is 1. The maximum absolute atomic E-state index is 9.37. The van der Waals surface area contributed by atoms with Gasteiger partial charge in [0.2, 0.25) is 0 Å². The molecule has 1 aromatic rings. The molecule has 0 saturated carbocycles. The fraction of sp³-hybridized carbons (Fsp3) is 0.571. The van der Waals surface area contributed by atoms with Crippen LogP contribution in [0.25, 0.3) is 0 Å². The summed E-state index contributed by atoms with van der Waals surface area (Å²) in [6.45, 7) is 2.34. The van der Waals surface area contributed by atoms with Crippen LogP contribution in [0.2, 0.25) is 10.0 Å². The first-order valence-corrected chi connectivity index (χ1v) is 8.37. The molecule has 0 bridgehead atoms. The molecule has 1 unspecified atom stereocenters. The fourth-order valence-electron chi connectivity index (χ4n) is 2.42. The van der Waals surface area contributed by atoms with Crippen molar-refractivity contribution in [3.63, 3.8) is 0 Å². The van der Waals surface area contributed by atoms with Gasteiger partial charge >= 0.3 is 0 Å². The Morgan fingerprint density at radius 2 is 2.16 bits per heavy atom. The van der Waals surface area contributed by atoms with Gasteiger partial charge in [0.1, 0.15) is 0 Å². The molecule has 5 heteroatoms. The zero-order chi connectivity index (χ0) is 13.7. The van der Waals surface area contributed by atoms with Crippen molar-refractivity contribution in [3.05, 3.63) is 28.2 Å². The summed E-state index contributed by atoms with van der Waals surface area (Å²) in [7, 11) is 0. The Morgan fingerprint density at radius 3 is 2.95 bits per heavy atom. The van der Waals surface area contributed by atoms with Crippen molar-refractivity contribution in [1.82, 2.24) is 4.90 Å². The molecule has 0 aliphatic carbocycles. The SMILES string of the molecule is OCC1CCCCN1CCSc1cc(Cl)ccc1Cl. The van der Waals surface area contributed by atoms with Crippen LogP contribution in [-0.4, -0.2) is 41.5 Å². The van der Waals surface area contributed by atoms with Crippen LogP contribution in [-0.2, 0) is 0 Å². The fourth-order valence-corrected chi connectivity index (χ4v) is 3.90. The lowest BCUT2D eigenvalue weighted by Gasteiger charge is -2.34. The predicted octanol–water partition coefficient (Wildman–Crippen LogP) is 3.93. The highest BCUT2D eigenvalue weighted by molar-refractivity contribution is 7.99. The number of benzene rings is 1. The van der Waals surface area contributed by atoms with Crippen molar-refractivity contribution in [2.24, 2.45) is 0 Å². The van der Waals surface area contributed by atoms with Gasteiger partial charge in [-0.1, -0.05) is 29.6 Å². The van der Waals surface area contributed by atoms with Crippen LogP contribution in [0, 0.1) is 0 Å². The number of halogens is 2. The molecule has 1 aromatic carbocycles. The molecular formula is C14H19Cl2NOS. The smallest absolute Gasteiger partial charge is 0.0586 e. The maximum atomic E-state index is 9.37. The lowest BCUT2D eigenvalue weighted by Crippen LogP contribution is -2.42. The lowest BCUT2D eigenvalue weighted by atomic mass is 10.0. The number of aliphatic hydroxyl groups is 1. The van der Waals surface area contributed by atoms with Crippen molar-refractivity contribution in [2.45, 2.75) is 30.2 Å². The average molecular weight is 320 g/mol. The standard InChI is InChI=1S/C14H19Cl2NOS/c15-11-4-5-13(16)14(9-11)19-8-7-17-6-2-1-3-12(17)10-18/h4-5,9,12,18H,1-3,6-8,10H2. The number of likely N-dealkylation sites (tertiary alicyclic amines) is 1. The number of aliphatic hydroxyl groups excluding tert-OH is 1. The summed E-state index contributed by atoms with van der Waals surface area (Å²) in [6.07, 6.45) is 3.58. The van der Waals surface area contributed by atoms with Crippen LogP contribution < -0.4 is 0 Å². The minimum absolute atomic E-state index is 0.266. The Labute approximate surface area is 129 Å². The monoisotopic (exact) mass is 319 g/mol. The maximum Gasteiger partial charge on any atom is 0.0586 e. The van der Waals surface area contributed by atoms with E-state index in [2.05, 4.69) is 4.90 Å². The van der Waals surface area contributed by atoms with E-state index < -0.39 is 0 Å². The minimum Gasteiger partial charge on any atom is -0.395 e. The molecule has 2 nitrogen and oxygen atoms in total. The zero-order valence-corrected chi connectivity index (χ0v) is 13.1. The molecule has 0 radical (unpaired) electrons. The van der Waals surface area contributed by atoms with Gasteiger partial charge in [-0.15, -0.1) is 11.8 Å². The molecular weight excluding hydrogens is 301 g/mol. The highest BCUT2D eigenvalue weighted by Crippen LogP contribution is 2.30. The van der Waals surface area contributed by atoms with Gasteiger partial charge in [0, 0.05) is 28.3 Å². The summed E-state index contributed by atoms with van der Waals surface area (Å²) in [4.78, 5) is 3.42. The van der Waals surface area contributed by atoms with Crippen molar-refractivity contribution in [1.29, 1.82) is 0 Å². The summed E-state index contributed by atoms with van der Waals surface area (Å²) in [5.41, 5.74) is 0. The van der Waals surface area contributed by atoms with E-state index in [9.17, 15) is 5.11 Å². The molecule has 0 spiro atoms. The molecule has 1 aliphatic rings. The molecule has 0 aromatic heterocycles. The van der Waals surface area contributed by atoms with Gasteiger partial charge < -0.3 is 5.11 Å². The van der Waals surface area contributed by atoms with Crippen LogP contribution >= 0.6 is 35.0 Å². The molecule has 1 saturated heterocycles. The number of thioether (sulfide) groups is 1. The molecule has 1 atom stereocenters. The van der Waals surface area contributed by atoms with Crippen molar-refractivity contribution >= 4 is 35.0 Å².